The van der Waals surface area contributed by atoms with Crippen LogP contribution in [0.25, 0.3) is 0 Å². The molecule has 1 amide bonds. The van der Waals surface area contributed by atoms with Gasteiger partial charge in [-0.05, 0) is 24.8 Å². The minimum Gasteiger partial charge on any atom is -0.340 e. The summed E-state index contributed by atoms with van der Waals surface area (Å²) in [6, 6.07) is 9.85. The van der Waals surface area contributed by atoms with Crippen molar-refractivity contribution in [3.05, 3.63) is 35.9 Å². The van der Waals surface area contributed by atoms with E-state index in [0.717, 1.165) is 38.1 Å². The fraction of sp³-hybridized carbons (Fsp3) is 0.588. The summed E-state index contributed by atoms with van der Waals surface area (Å²) < 4.78 is 0.267. The third-order valence-electron chi connectivity index (χ3n) is 4.05. The first-order valence-corrected chi connectivity index (χ1v) is 8.69. The number of hydrogen-bond acceptors (Lipinski definition) is 3. The maximum absolute atomic E-state index is 12.5. The van der Waals surface area contributed by atoms with E-state index in [1.165, 1.54) is 5.56 Å². The SMILES string of the molecule is CC1(C)CCN(C(=O)C(N)CCc2ccccc2)CCS1. The van der Waals surface area contributed by atoms with Crippen LogP contribution in [0.3, 0.4) is 0 Å². The highest BCUT2D eigenvalue weighted by Crippen LogP contribution is 2.30. The first kappa shape index (κ1) is 16.4. The fourth-order valence-electron chi connectivity index (χ4n) is 2.57. The first-order valence-electron chi connectivity index (χ1n) is 7.70. The predicted molar refractivity (Wildman–Crippen MR) is 90.5 cm³/mol. The zero-order valence-corrected chi connectivity index (χ0v) is 13.9. The second-order valence-corrected chi connectivity index (χ2v) is 8.12. The molecule has 1 unspecified atom stereocenters. The van der Waals surface area contributed by atoms with Gasteiger partial charge < -0.3 is 10.6 Å². The number of amides is 1. The van der Waals surface area contributed by atoms with Crippen molar-refractivity contribution < 1.29 is 4.79 Å². The summed E-state index contributed by atoms with van der Waals surface area (Å²) in [6.07, 6.45) is 2.62. The molecular formula is C17H26N2OS. The molecule has 2 rings (SSSR count). The quantitative estimate of drug-likeness (QED) is 0.930. The Morgan fingerprint density at radius 1 is 1.33 bits per heavy atom. The monoisotopic (exact) mass is 306 g/mol. The Bertz CT molecular complexity index is 461. The van der Waals surface area contributed by atoms with Gasteiger partial charge in [0.05, 0.1) is 6.04 Å². The number of rotatable bonds is 4. The summed E-state index contributed by atoms with van der Waals surface area (Å²) >= 11 is 1.95. The molecule has 1 heterocycles. The van der Waals surface area contributed by atoms with Crippen LogP contribution in [0, 0.1) is 0 Å². The summed E-state index contributed by atoms with van der Waals surface area (Å²) in [7, 11) is 0. The van der Waals surface area contributed by atoms with Crippen molar-refractivity contribution in [2.75, 3.05) is 18.8 Å². The summed E-state index contributed by atoms with van der Waals surface area (Å²) in [5.41, 5.74) is 7.36. The molecule has 0 spiro atoms. The van der Waals surface area contributed by atoms with Crippen molar-refractivity contribution >= 4 is 17.7 Å². The second kappa shape index (κ2) is 7.32. The third-order valence-corrected chi connectivity index (χ3v) is 5.43. The van der Waals surface area contributed by atoms with Crippen LogP contribution in [0.4, 0.5) is 0 Å². The van der Waals surface area contributed by atoms with E-state index in [-0.39, 0.29) is 16.7 Å². The molecule has 1 aliphatic rings. The van der Waals surface area contributed by atoms with E-state index < -0.39 is 0 Å². The van der Waals surface area contributed by atoms with E-state index in [9.17, 15) is 4.79 Å². The Kier molecular flexibility index (Phi) is 5.71. The van der Waals surface area contributed by atoms with E-state index in [1.807, 2.05) is 34.9 Å². The minimum absolute atomic E-state index is 0.115. The zero-order valence-electron chi connectivity index (χ0n) is 13.0. The Morgan fingerprint density at radius 2 is 2.05 bits per heavy atom. The number of nitrogens with two attached hydrogens (primary N) is 1. The van der Waals surface area contributed by atoms with Crippen LogP contribution in [-0.4, -0.2) is 40.4 Å². The van der Waals surface area contributed by atoms with Crippen molar-refractivity contribution in [1.29, 1.82) is 0 Å². The van der Waals surface area contributed by atoms with E-state index in [1.54, 1.807) is 0 Å². The third kappa shape index (κ3) is 5.04. The van der Waals surface area contributed by atoms with Gasteiger partial charge in [0, 0.05) is 23.6 Å². The van der Waals surface area contributed by atoms with Gasteiger partial charge >= 0.3 is 0 Å². The van der Waals surface area contributed by atoms with Gasteiger partial charge in [-0.25, -0.2) is 0 Å². The Hall–Kier alpha value is -1.00. The summed E-state index contributed by atoms with van der Waals surface area (Å²) in [6.45, 7) is 6.16. The van der Waals surface area contributed by atoms with Crippen molar-refractivity contribution in [1.82, 2.24) is 4.90 Å². The molecule has 0 aromatic heterocycles. The van der Waals surface area contributed by atoms with Crippen LogP contribution in [0.15, 0.2) is 30.3 Å². The molecule has 4 heteroatoms. The van der Waals surface area contributed by atoms with Crippen LogP contribution in [0.1, 0.15) is 32.3 Å². The van der Waals surface area contributed by atoms with Gasteiger partial charge in [-0.1, -0.05) is 44.2 Å². The van der Waals surface area contributed by atoms with Crippen LogP contribution in [0.5, 0.6) is 0 Å². The first-order chi connectivity index (χ1) is 9.98. The molecule has 2 N–H and O–H groups in total. The van der Waals surface area contributed by atoms with Crippen molar-refractivity contribution in [3.8, 4) is 0 Å². The maximum Gasteiger partial charge on any atom is 0.239 e. The molecule has 1 atom stereocenters. The minimum atomic E-state index is -0.378. The highest BCUT2D eigenvalue weighted by atomic mass is 32.2. The smallest absolute Gasteiger partial charge is 0.239 e. The van der Waals surface area contributed by atoms with Crippen LogP contribution < -0.4 is 5.73 Å². The highest BCUT2D eigenvalue weighted by Gasteiger charge is 2.28. The van der Waals surface area contributed by atoms with Gasteiger partial charge in [0.2, 0.25) is 5.91 Å². The predicted octanol–water partition coefficient (Wildman–Crippen LogP) is 2.69. The standard InChI is InChI=1S/C17H26N2OS/c1-17(2)10-11-19(12-13-21-17)16(20)15(18)9-8-14-6-4-3-5-7-14/h3-7,15H,8-13,18H2,1-2H3. The van der Waals surface area contributed by atoms with Crippen molar-refractivity contribution in [2.45, 2.75) is 43.9 Å². The van der Waals surface area contributed by atoms with Gasteiger partial charge in [-0.15, -0.1) is 0 Å². The van der Waals surface area contributed by atoms with E-state index in [2.05, 4.69) is 26.0 Å². The van der Waals surface area contributed by atoms with Gasteiger partial charge in [0.25, 0.3) is 0 Å². The average Bonchev–Trinajstić information content (AvgIpc) is 2.66. The van der Waals surface area contributed by atoms with Gasteiger partial charge in [0.15, 0.2) is 0 Å². The van der Waals surface area contributed by atoms with Crippen molar-refractivity contribution in [3.63, 3.8) is 0 Å². The number of nitrogens with zero attached hydrogens (tertiary/aromatic N) is 1. The molecule has 1 fully saturated rings. The lowest BCUT2D eigenvalue weighted by molar-refractivity contribution is -0.132. The second-order valence-electron chi connectivity index (χ2n) is 6.31. The van der Waals surface area contributed by atoms with Gasteiger partial charge in [-0.2, -0.15) is 11.8 Å². The lowest BCUT2D eigenvalue weighted by Gasteiger charge is -2.25. The number of thioether (sulfide) groups is 1. The molecule has 1 aliphatic heterocycles. The molecule has 1 aromatic rings. The van der Waals surface area contributed by atoms with E-state index >= 15 is 0 Å². The number of benzene rings is 1. The van der Waals surface area contributed by atoms with Crippen LogP contribution in [-0.2, 0) is 11.2 Å². The van der Waals surface area contributed by atoms with E-state index in [0.29, 0.717) is 0 Å². The molecule has 116 valence electrons. The molecular weight excluding hydrogens is 280 g/mol. The lowest BCUT2D eigenvalue weighted by atomic mass is 10.0. The molecule has 1 aromatic carbocycles. The van der Waals surface area contributed by atoms with Crippen LogP contribution in [0.2, 0.25) is 0 Å². The largest absolute Gasteiger partial charge is 0.340 e. The summed E-state index contributed by atoms with van der Waals surface area (Å²) in [5.74, 6) is 1.12. The molecule has 3 nitrogen and oxygen atoms in total. The molecule has 0 saturated carbocycles. The number of carbonyl (C=O) groups excluding carboxylic acids is 1. The van der Waals surface area contributed by atoms with Crippen molar-refractivity contribution in [2.24, 2.45) is 5.73 Å². The molecule has 1 saturated heterocycles. The fourth-order valence-corrected chi connectivity index (χ4v) is 3.67. The average molecular weight is 306 g/mol. The number of hydrogen-bond donors (Lipinski definition) is 1. The molecule has 0 bridgehead atoms. The molecule has 21 heavy (non-hydrogen) atoms. The lowest BCUT2D eigenvalue weighted by Crippen LogP contribution is -2.45. The Morgan fingerprint density at radius 3 is 2.76 bits per heavy atom. The Labute approximate surface area is 132 Å². The normalized spacial score (nSPS) is 19.9. The van der Waals surface area contributed by atoms with Gasteiger partial charge in [-0.3, -0.25) is 4.79 Å². The van der Waals surface area contributed by atoms with E-state index in [4.69, 9.17) is 5.73 Å². The van der Waals surface area contributed by atoms with Crippen LogP contribution >= 0.6 is 11.8 Å². The Balaban J connectivity index is 1.84. The summed E-state index contributed by atoms with van der Waals surface area (Å²) in [5, 5.41) is 0. The number of aryl methyl sites for hydroxylation is 1. The maximum atomic E-state index is 12.5. The molecule has 0 radical (unpaired) electrons. The number of carbonyl (C=O) groups is 1. The highest BCUT2D eigenvalue weighted by molar-refractivity contribution is 8.00. The topological polar surface area (TPSA) is 46.3 Å². The summed E-state index contributed by atoms with van der Waals surface area (Å²) in [4.78, 5) is 14.4. The van der Waals surface area contributed by atoms with Gasteiger partial charge in [0.1, 0.15) is 0 Å². The molecule has 0 aliphatic carbocycles. The zero-order chi connectivity index (χ0) is 15.3.